The SMILES string of the molecule is CC(NC(=O)c1n[nH]c(C(C)(C)C)n1)C(C)C(=O)O. The molecule has 0 spiro atoms. The van der Waals surface area contributed by atoms with E-state index in [1.54, 1.807) is 6.92 Å². The van der Waals surface area contributed by atoms with Crippen LogP contribution in [0, 0.1) is 5.92 Å². The number of rotatable bonds is 4. The number of aromatic nitrogens is 3. The van der Waals surface area contributed by atoms with Crippen molar-refractivity contribution >= 4 is 11.9 Å². The molecule has 2 unspecified atom stereocenters. The van der Waals surface area contributed by atoms with Gasteiger partial charge in [0.15, 0.2) is 0 Å². The summed E-state index contributed by atoms with van der Waals surface area (Å²) in [4.78, 5) is 26.8. The number of carboxylic acids is 1. The molecule has 0 aliphatic heterocycles. The second-order valence-electron chi connectivity index (χ2n) is 5.65. The van der Waals surface area contributed by atoms with Gasteiger partial charge in [-0.15, -0.1) is 5.10 Å². The minimum atomic E-state index is -0.960. The second kappa shape index (κ2) is 5.38. The third kappa shape index (κ3) is 3.77. The van der Waals surface area contributed by atoms with Crippen LogP contribution in [0.4, 0.5) is 0 Å². The molecule has 2 atom stereocenters. The number of hydrogen-bond donors (Lipinski definition) is 3. The van der Waals surface area contributed by atoms with Crippen LogP contribution in [-0.4, -0.2) is 38.2 Å². The van der Waals surface area contributed by atoms with Crippen LogP contribution in [0.15, 0.2) is 0 Å². The molecule has 106 valence electrons. The van der Waals surface area contributed by atoms with Crippen molar-refractivity contribution in [2.24, 2.45) is 5.92 Å². The Bertz CT molecular complexity index is 476. The molecule has 0 saturated carbocycles. The van der Waals surface area contributed by atoms with Gasteiger partial charge >= 0.3 is 5.97 Å². The molecule has 1 aromatic rings. The van der Waals surface area contributed by atoms with Crippen LogP contribution in [0.5, 0.6) is 0 Å². The lowest BCUT2D eigenvalue weighted by atomic mass is 9.96. The zero-order valence-electron chi connectivity index (χ0n) is 11.8. The van der Waals surface area contributed by atoms with Crippen LogP contribution in [0.25, 0.3) is 0 Å². The predicted octanol–water partition coefficient (Wildman–Crippen LogP) is 0.941. The minimum Gasteiger partial charge on any atom is -0.481 e. The highest BCUT2D eigenvalue weighted by atomic mass is 16.4. The summed E-state index contributed by atoms with van der Waals surface area (Å²) < 4.78 is 0. The third-order valence-corrected chi connectivity index (χ3v) is 2.90. The van der Waals surface area contributed by atoms with Gasteiger partial charge in [0.1, 0.15) is 5.82 Å². The first kappa shape index (κ1) is 15.1. The van der Waals surface area contributed by atoms with E-state index in [0.717, 1.165) is 0 Å². The summed E-state index contributed by atoms with van der Waals surface area (Å²) in [6, 6.07) is -0.499. The quantitative estimate of drug-likeness (QED) is 0.753. The van der Waals surface area contributed by atoms with Gasteiger partial charge in [-0.3, -0.25) is 14.7 Å². The molecule has 0 fully saturated rings. The molecule has 0 aliphatic carbocycles. The number of aromatic amines is 1. The highest BCUT2D eigenvalue weighted by molar-refractivity contribution is 5.90. The van der Waals surface area contributed by atoms with Crippen molar-refractivity contribution in [3.63, 3.8) is 0 Å². The third-order valence-electron chi connectivity index (χ3n) is 2.90. The largest absolute Gasteiger partial charge is 0.481 e. The molecule has 1 rings (SSSR count). The van der Waals surface area contributed by atoms with E-state index in [9.17, 15) is 9.59 Å². The monoisotopic (exact) mass is 268 g/mol. The van der Waals surface area contributed by atoms with Crippen LogP contribution < -0.4 is 5.32 Å². The number of H-pyrrole nitrogens is 1. The van der Waals surface area contributed by atoms with Gasteiger partial charge in [0.2, 0.25) is 5.82 Å². The van der Waals surface area contributed by atoms with Crippen LogP contribution in [0.2, 0.25) is 0 Å². The molecule has 1 aromatic heterocycles. The fraction of sp³-hybridized carbons (Fsp3) is 0.667. The second-order valence-corrected chi connectivity index (χ2v) is 5.65. The minimum absolute atomic E-state index is 0.0226. The molecule has 3 N–H and O–H groups in total. The smallest absolute Gasteiger partial charge is 0.308 e. The van der Waals surface area contributed by atoms with E-state index < -0.39 is 23.8 Å². The van der Waals surface area contributed by atoms with Crippen LogP contribution in [0.1, 0.15) is 51.1 Å². The Morgan fingerprint density at radius 3 is 2.32 bits per heavy atom. The number of carbonyl (C=O) groups is 2. The summed E-state index contributed by atoms with van der Waals surface area (Å²) >= 11 is 0. The Kier molecular flexibility index (Phi) is 4.28. The van der Waals surface area contributed by atoms with Gasteiger partial charge in [0.05, 0.1) is 5.92 Å². The fourth-order valence-electron chi connectivity index (χ4n) is 1.31. The molecule has 7 heteroatoms. The van der Waals surface area contributed by atoms with Crippen molar-refractivity contribution < 1.29 is 14.7 Å². The van der Waals surface area contributed by atoms with Crippen molar-refractivity contribution in [3.05, 3.63) is 11.6 Å². The van der Waals surface area contributed by atoms with Crippen LogP contribution in [-0.2, 0) is 10.2 Å². The summed E-state index contributed by atoms with van der Waals surface area (Å²) in [6.07, 6.45) is 0. The lowest BCUT2D eigenvalue weighted by molar-refractivity contribution is -0.141. The Labute approximate surface area is 111 Å². The molecule has 0 aromatic carbocycles. The Morgan fingerprint density at radius 1 is 1.32 bits per heavy atom. The summed E-state index contributed by atoms with van der Waals surface area (Å²) in [5, 5.41) is 18.0. The van der Waals surface area contributed by atoms with Crippen LogP contribution >= 0.6 is 0 Å². The number of carbonyl (C=O) groups excluding carboxylic acids is 1. The van der Waals surface area contributed by atoms with Gasteiger partial charge in [-0.05, 0) is 13.8 Å². The van der Waals surface area contributed by atoms with Crippen LogP contribution in [0.3, 0.4) is 0 Å². The number of amides is 1. The van der Waals surface area contributed by atoms with Gasteiger partial charge in [0.25, 0.3) is 5.91 Å². The van der Waals surface area contributed by atoms with Crippen molar-refractivity contribution in [3.8, 4) is 0 Å². The molecule has 0 saturated heterocycles. The predicted molar refractivity (Wildman–Crippen MR) is 68.8 cm³/mol. The lowest BCUT2D eigenvalue weighted by Crippen LogP contribution is -2.40. The van der Waals surface area contributed by atoms with Gasteiger partial charge in [-0.2, -0.15) is 0 Å². The van der Waals surface area contributed by atoms with E-state index in [0.29, 0.717) is 5.82 Å². The first-order valence-corrected chi connectivity index (χ1v) is 6.09. The normalized spacial score (nSPS) is 14.8. The molecular weight excluding hydrogens is 248 g/mol. The van der Waals surface area contributed by atoms with Crippen molar-refractivity contribution in [1.82, 2.24) is 20.5 Å². The molecule has 1 heterocycles. The summed E-state index contributed by atoms with van der Waals surface area (Å²) in [5.41, 5.74) is -0.231. The highest BCUT2D eigenvalue weighted by Crippen LogP contribution is 2.17. The van der Waals surface area contributed by atoms with E-state index in [2.05, 4.69) is 20.5 Å². The summed E-state index contributed by atoms with van der Waals surface area (Å²) in [7, 11) is 0. The number of aliphatic carboxylic acids is 1. The van der Waals surface area contributed by atoms with Gasteiger partial charge in [-0.25, -0.2) is 4.98 Å². The zero-order valence-corrected chi connectivity index (χ0v) is 11.8. The highest BCUT2D eigenvalue weighted by Gasteiger charge is 2.25. The Morgan fingerprint density at radius 2 is 1.89 bits per heavy atom. The molecule has 0 radical (unpaired) electrons. The first-order valence-electron chi connectivity index (χ1n) is 6.09. The number of hydrogen-bond acceptors (Lipinski definition) is 4. The molecule has 0 aliphatic rings. The van der Waals surface area contributed by atoms with Gasteiger partial charge in [0, 0.05) is 11.5 Å². The average Bonchev–Trinajstić information content (AvgIpc) is 2.76. The van der Waals surface area contributed by atoms with E-state index in [4.69, 9.17) is 5.11 Å². The Hall–Kier alpha value is -1.92. The first-order chi connectivity index (χ1) is 8.62. The zero-order chi connectivity index (χ0) is 14.8. The Balaban J connectivity index is 2.74. The number of carboxylic acid groups (broad SMARTS) is 1. The van der Waals surface area contributed by atoms with E-state index >= 15 is 0 Å². The topological polar surface area (TPSA) is 108 Å². The standard InChI is InChI=1S/C12H20N4O3/c1-6(10(18)19)7(2)13-9(17)8-14-11(16-15-8)12(3,4)5/h6-7H,1-5H3,(H,13,17)(H,18,19)(H,14,15,16). The molecule has 1 amide bonds. The maximum atomic E-state index is 11.9. The lowest BCUT2D eigenvalue weighted by Gasteiger charge is -2.16. The number of nitrogens with one attached hydrogen (secondary N) is 2. The van der Waals surface area contributed by atoms with E-state index in [-0.39, 0.29) is 11.2 Å². The molecular formula is C12H20N4O3. The summed E-state index contributed by atoms with van der Waals surface area (Å²) in [6.45, 7) is 9.01. The maximum absolute atomic E-state index is 11.9. The fourth-order valence-corrected chi connectivity index (χ4v) is 1.31. The van der Waals surface area contributed by atoms with Gasteiger partial charge in [-0.1, -0.05) is 20.8 Å². The van der Waals surface area contributed by atoms with E-state index in [1.807, 2.05) is 20.8 Å². The number of nitrogens with zero attached hydrogens (tertiary/aromatic N) is 2. The van der Waals surface area contributed by atoms with Crippen molar-refractivity contribution in [1.29, 1.82) is 0 Å². The van der Waals surface area contributed by atoms with Crippen molar-refractivity contribution in [2.75, 3.05) is 0 Å². The molecule has 19 heavy (non-hydrogen) atoms. The maximum Gasteiger partial charge on any atom is 0.308 e. The molecule has 7 nitrogen and oxygen atoms in total. The van der Waals surface area contributed by atoms with Gasteiger partial charge < -0.3 is 10.4 Å². The van der Waals surface area contributed by atoms with E-state index in [1.165, 1.54) is 6.92 Å². The average molecular weight is 268 g/mol. The summed E-state index contributed by atoms with van der Waals surface area (Å²) in [5.74, 6) is -1.48. The van der Waals surface area contributed by atoms with Crippen molar-refractivity contribution in [2.45, 2.75) is 46.1 Å². The molecule has 0 bridgehead atoms.